The number of aromatic nitrogens is 2. The van der Waals surface area contributed by atoms with E-state index >= 15 is 0 Å². The molecule has 3 rings (SSSR count). The smallest absolute Gasteiger partial charge is 0.141 e. The van der Waals surface area contributed by atoms with Crippen LogP contribution in [0, 0.1) is 0 Å². The van der Waals surface area contributed by atoms with Gasteiger partial charge in [-0.2, -0.15) is 0 Å². The Hall–Kier alpha value is -1.55. The molecule has 4 heteroatoms. The Kier molecular flexibility index (Phi) is 1.89. The second kappa shape index (κ2) is 3.24. The number of nitrogens with zero attached hydrogens (tertiary/aromatic N) is 2. The lowest BCUT2D eigenvalue weighted by Crippen LogP contribution is -2.12. The predicted molar refractivity (Wildman–Crippen MR) is 57.9 cm³/mol. The van der Waals surface area contributed by atoms with Crippen LogP contribution in [0.5, 0.6) is 5.75 Å². The molecule has 1 aliphatic heterocycles. The minimum atomic E-state index is 0.317. The molecule has 2 aromatic rings. The quantitative estimate of drug-likeness (QED) is 0.734. The van der Waals surface area contributed by atoms with E-state index < -0.39 is 0 Å². The standard InChI is InChI=1S/C11H13N3O/c15-10-3-1-2-9-11(10)14(7-13-9)8-4-5-12-6-8/h1-3,7-8,12,15H,4-6H2. The molecule has 4 nitrogen and oxygen atoms in total. The number of aromatic hydroxyl groups is 1. The average molecular weight is 203 g/mol. The number of phenolic OH excluding ortho intramolecular Hbond substituents is 1. The van der Waals surface area contributed by atoms with Crippen molar-refractivity contribution in [1.29, 1.82) is 0 Å². The average Bonchev–Trinajstić information content (AvgIpc) is 2.85. The fourth-order valence-electron chi connectivity index (χ4n) is 2.22. The topological polar surface area (TPSA) is 50.1 Å². The molecular formula is C11H13N3O. The molecule has 1 aliphatic rings. The number of hydrogen-bond donors (Lipinski definition) is 2. The van der Waals surface area contributed by atoms with Crippen LogP contribution in [-0.4, -0.2) is 27.7 Å². The summed E-state index contributed by atoms with van der Waals surface area (Å²) in [5, 5.41) is 13.1. The zero-order chi connectivity index (χ0) is 10.3. The van der Waals surface area contributed by atoms with Gasteiger partial charge in [-0.15, -0.1) is 0 Å². The van der Waals surface area contributed by atoms with Gasteiger partial charge in [0.1, 0.15) is 11.3 Å². The summed E-state index contributed by atoms with van der Waals surface area (Å²) in [5.41, 5.74) is 1.72. The molecule has 1 saturated heterocycles. The molecule has 1 aromatic heterocycles. The monoisotopic (exact) mass is 203 g/mol. The largest absolute Gasteiger partial charge is 0.506 e. The van der Waals surface area contributed by atoms with E-state index in [0.717, 1.165) is 30.5 Å². The van der Waals surface area contributed by atoms with Crippen molar-refractivity contribution in [2.45, 2.75) is 12.5 Å². The Bertz CT molecular complexity index is 486. The first kappa shape index (κ1) is 8.73. The summed E-state index contributed by atoms with van der Waals surface area (Å²) in [6, 6.07) is 5.88. The van der Waals surface area contributed by atoms with Crippen LogP contribution < -0.4 is 5.32 Å². The molecule has 1 aromatic carbocycles. The molecule has 78 valence electrons. The Morgan fingerprint density at radius 2 is 2.40 bits per heavy atom. The summed E-state index contributed by atoms with van der Waals surface area (Å²) in [6.45, 7) is 2.00. The van der Waals surface area contributed by atoms with E-state index in [0.29, 0.717) is 11.8 Å². The van der Waals surface area contributed by atoms with Gasteiger partial charge >= 0.3 is 0 Å². The zero-order valence-corrected chi connectivity index (χ0v) is 8.35. The number of nitrogens with one attached hydrogen (secondary N) is 1. The minimum Gasteiger partial charge on any atom is -0.506 e. The molecule has 2 N–H and O–H groups in total. The third kappa shape index (κ3) is 1.29. The van der Waals surface area contributed by atoms with E-state index in [1.54, 1.807) is 6.07 Å². The Balaban J connectivity index is 2.18. The third-order valence-electron chi connectivity index (χ3n) is 3.00. The van der Waals surface area contributed by atoms with Gasteiger partial charge < -0.3 is 15.0 Å². The molecule has 1 atom stereocenters. The Morgan fingerprint density at radius 3 is 3.20 bits per heavy atom. The van der Waals surface area contributed by atoms with Crippen LogP contribution in [0.15, 0.2) is 24.5 Å². The lowest BCUT2D eigenvalue weighted by Gasteiger charge is -2.11. The summed E-state index contributed by atoms with van der Waals surface area (Å²) < 4.78 is 2.07. The summed E-state index contributed by atoms with van der Waals surface area (Å²) >= 11 is 0. The lowest BCUT2D eigenvalue weighted by atomic mass is 10.2. The number of fused-ring (bicyclic) bond motifs is 1. The van der Waals surface area contributed by atoms with Crippen molar-refractivity contribution < 1.29 is 5.11 Å². The molecule has 0 bridgehead atoms. The SMILES string of the molecule is Oc1cccc2ncn(C3CCNC3)c12. The van der Waals surface area contributed by atoms with E-state index in [4.69, 9.17) is 0 Å². The summed E-state index contributed by atoms with van der Waals surface area (Å²) in [6.07, 6.45) is 2.92. The van der Waals surface area contributed by atoms with Crippen LogP contribution >= 0.6 is 0 Å². The van der Waals surface area contributed by atoms with Crippen molar-refractivity contribution in [2.75, 3.05) is 13.1 Å². The van der Waals surface area contributed by atoms with Gasteiger partial charge in [-0.1, -0.05) is 6.07 Å². The molecule has 0 aliphatic carbocycles. The van der Waals surface area contributed by atoms with Crippen LogP contribution in [0.25, 0.3) is 11.0 Å². The Labute approximate surface area is 87.5 Å². The van der Waals surface area contributed by atoms with Crippen LogP contribution in [0.1, 0.15) is 12.5 Å². The maximum atomic E-state index is 9.82. The number of para-hydroxylation sites is 1. The number of rotatable bonds is 1. The third-order valence-corrected chi connectivity index (χ3v) is 3.00. The van der Waals surface area contributed by atoms with Crippen LogP contribution in [0.3, 0.4) is 0 Å². The molecule has 0 saturated carbocycles. The first-order valence-electron chi connectivity index (χ1n) is 5.21. The first-order chi connectivity index (χ1) is 7.36. The van der Waals surface area contributed by atoms with Gasteiger partial charge in [0, 0.05) is 12.6 Å². The highest BCUT2D eigenvalue weighted by atomic mass is 16.3. The molecular weight excluding hydrogens is 190 g/mol. The fraction of sp³-hybridized carbons (Fsp3) is 0.364. The molecule has 0 amide bonds. The van der Waals surface area contributed by atoms with Crippen LogP contribution in [0.4, 0.5) is 0 Å². The van der Waals surface area contributed by atoms with Gasteiger partial charge in [-0.05, 0) is 25.1 Å². The van der Waals surface area contributed by atoms with Crippen molar-refractivity contribution in [1.82, 2.24) is 14.9 Å². The van der Waals surface area contributed by atoms with E-state index in [-0.39, 0.29) is 0 Å². The fourth-order valence-corrected chi connectivity index (χ4v) is 2.22. The highest BCUT2D eigenvalue weighted by molar-refractivity contribution is 5.81. The van der Waals surface area contributed by atoms with Gasteiger partial charge in [0.05, 0.1) is 11.8 Å². The van der Waals surface area contributed by atoms with Gasteiger partial charge in [-0.25, -0.2) is 4.98 Å². The molecule has 1 fully saturated rings. The van der Waals surface area contributed by atoms with E-state index in [1.807, 2.05) is 18.5 Å². The first-order valence-corrected chi connectivity index (χ1v) is 5.21. The van der Waals surface area contributed by atoms with Crippen molar-refractivity contribution >= 4 is 11.0 Å². The number of benzene rings is 1. The molecule has 1 unspecified atom stereocenters. The predicted octanol–water partition coefficient (Wildman–Crippen LogP) is 1.28. The van der Waals surface area contributed by atoms with Crippen molar-refractivity contribution in [3.8, 4) is 5.75 Å². The second-order valence-corrected chi connectivity index (χ2v) is 3.94. The minimum absolute atomic E-state index is 0.317. The van der Waals surface area contributed by atoms with E-state index in [9.17, 15) is 5.11 Å². The molecule has 2 heterocycles. The molecule has 15 heavy (non-hydrogen) atoms. The van der Waals surface area contributed by atoms with Crippen molar-refractivity contribution in [3.63, 3.8) is 0 Å². The maximum absolute atomic E-state index is 9.82. The normalized spacial score (nSPS) is 21.2. The summed E-state index contributed by atoms with van der Waals surface area (Å²) in [7, 11) is 0. The van der Waals surface area contributed by atoms with Gasteiger partial charge in [0.15, 0.2) is 0 Å². The number of imidazole rings is 1. The van der Waals surface area contributed by atoms with Crippen LogP contribution in [0.2, 0.25) is 0 Å². The number of hydrogen-bond acceptors (Lipinski definition) is 3. The number of phenols is 1. The van der Waals surface area contributed by atoms with Crippen molar-refractivity contribution in [3.05, 3.63) is 24.5 Å². The zero-order valence-electron chi connectivity index (χ0n) is 8.35. The second-order valence-electron chi connectivity index (χ2n) is 3.94. The van der Waals surface area contributed by atoms with Crippen LogP contribution in [-0.2, 0) is 0 Å². The molecule has 0 radical (unpaired) electrons. The lowest BCUT2D eigenvalue weighted by molar-refractivity contribution is 0.472. The van der Waals surface area contributed by atoms with Gasteiger partial charge in [-0.3, -0.25) is 0 Å². The van der Waals surface area contributed by atoms with E-state index in [2.05, 4.69) is 14.9 Å². The summed E-state index contributed by atoms with van der Waals surface area (Å²) in [5.74, 6) is 0.317. The van der Waals surface area contributed by atoms with Gasteiger partial charge in [0.25, 0.3) is 0 Å². The van der Waals surface area contributed by atoms with E-state index in [1.165, 1.54) is 0 Å². The summed E-state index contributed by atoms with van der Waals surface area (Å²) in [4.78, 5) is 4.30. The maximum Gasteiger partial charge on any atom is 0.141 e. The molecule has 0 spiro atoms. The highest BCUT2D eigenvalue weighted by Crippen LogP contribution is 2.28. The Morgan fingerprint density at radius 1 is 1.47 bits per heavy atom. The highest BCUT2D eigenvalue weighted by Gasteiger charge is 2.19. The van der Waals surface area contributed by atoms with Crippen molar-refractivity contribution in [2.24, 2.45) is 0 Å². The van der Waals surface area contributed by atoms with Gasteiger partial charge in [0.2, 0.25) is 0 Å².